The molecule has 0 radical (unpaired) electrons. The predicted molar refractivity (Wildman–Crippen MR) is 92.6 cm³/mol. The highest BCUT2D eigenvalue weighted by molar-refractivity contribution is 6.04. The molecule has 0 spiro atoms. The number of nitrogens with one attached hydrogen (secondary N) is 1. The fraction of sp³-hybridized carbons (Fsp3) is 0.211. The van der Waals surface area contributed by atoms with Crippen molar-refractivity contribution in [3.05, 3.63) is 66.4 Å². The number of ether oxygens (including phenoxy) is 2. The first kappa shape index (κ1) is 17.5. The first-order valence-corrected chi connectivity index (χ1v) is 7.63. The van der Waals surface area contributed by atoms with Gasteiger partial charge >= 0.3 is 0 Å². The van der Waals surface area contributed by atoms with E-state index in [2.05, 4.69) is 5.32 Å². The summed E-state index contributed by atoms with van der Waals surface area (Å²) >= 11 is 0. The average Bonchev–Trinajstić information content (AvgIpc) is 2.62. The highest BCUT2D eigenvalue weighted by atomic mass is 19.1. The second kappa shape index (κ2) is 9.35. The van der Waals surface area contributed by atoms with Crippen LogP contribution in [-0.4, -0.2) is 26.2 Å². The lowest BCUT2D eigenvalue weighted by Crippen LogP contribution is -1.99. The van der Waals surface area contributed by atoms with E-state index in [0.717, 1.165) is 11.4 Å². The second-order valence-corrected chi connectivity index (χ2v) is 4.99. The van der Waals surface area contributed by atoms with E-state index >= 15 is 0 Å². The number of halogens is 1. The Bertz CT molecular complexity index is 683. The molecular formula is C19H20FNO3. The van der Waals surface area contributed by atoms with Gasteiger partial charge in [0.2, 0.25) is 0 Å². The van der Waals surface area contributed by atoms with Gasteiger partial charge in [0.05, 0.1) is 20.4 Å². The van der Waals surface area contributed by atoms with Crippen molar-refractivity contribution in [3.63, 3.8) is 0 Å². The highest BCUT2D eigenvalue weighted by Crippen LogP contribution is 2.17. The van der Waals surface area contributed by atoms with Gasteiger partial charge in [-0.05, 0) is 36.4 Å². The number of alkyl halides is 1. The van der Waals surface area contributed by atoms with Gasteiger partial charge in [-0.1, -0.05) is 6.07 Å². The van der Waals surface area contributed by atoms with Crippen molar-refractivity contribution in [2.75, 3.05) is 25.7 Å². The van der Waals surface area contributed by atoms with Gasteiger partial charge < -0.3 is 14.8 Å². The van der Waals surface area contributed by atoms with Crippen molar-refractivity contribution in [1.29, 1.82) is 0 Å². The molecule has 0 aliphatic rings. The average molecular weight is 329 g/mol. The Labute approximate surface area is 140 Å². The molecule has 0 saturated heterocycles. The Hall–Kier alpha value is -2.82. The number of carbonyl (C=O) groups excluding carboxylic acids is 1. The topological polar surface area (TPSA) is 47.6 Å². The van der Waals surface area contributed by atoms with E-state index < -0.39 is 6.67 Å². The van der Waals surface area contributed by atoms with Crippen molar-refractivity contribution in [3.8, 4) is 11.5 Å². The Balaban J connectivity index is 1.89. The quantitative estimate of drug-likeness (QED) is 0.425. The summed E-state index contributed by atoms with van der Waals surface area (Å²) in [5, 5.41) is 3.02. The van der Waals surface area contributed by atoms with Gasteiger partial charge in [-0.3, -0.25) is 9.18 Å². The maximum absolute atomic E-state index is 12.1. The van der Waals surface area contributed by atoms with Crippen molar-refractivity contribution in [1.82, 2.24) is 0 Å². The van der Waals surface area contributed by atoms with E-state index in [0.29, 0.717) is 24.3 Å². The van der Waals surface area contributed by atoms with Crippen LogP contribution < -0.4 is 14.8 Å². The summed E-state index contributed by atoms with van der Waals surface area (Å²) in [6.45, 7) is -0.0736. The molecule has 0 aliphatic heterocycles. The zero-order valence-corrected chi connectivity index (χ0v) is 13.5. The Morgan fingerprint density at radius 1 is 1.17 bits per heavy atom. The number of allylic oxidation sites excluding steroid dienone is 1. The van der Waals surface area contributed by atoms with Gasteiger partial charge in [-0.2, -0.15) is 0 Å². The van der Waals surface area contributed by atoms with Crippen LogP contribution in [-0.2, 0) is 0 Å². The van der Waals surface area contributed by atoms with Crippen LogP contribution in [0.25, 0.3) is 0 Å². The number of rotatable bonds is 9. The summed E-state index contributed by atoms with van der Waals surface area (Å²) in [6, 6.07) is 14.2. The largest absolute Gasteiger partial charge is 0.497 e. The summed E-state index contributed by atoms with van der Waals surface area (Å²) < 4.78 is 22.5. The van der Waals surface area contributed by atoms with Crippen LogP contribution >= 0.6 is 0 Å². The molecule has 0 bridgehead atoms. The highest BCUT2D eigenvalue weighted by Gasteiger charge is 2.02. The van der Waals surface area contributed by atoms with E-state index in [1.165, 1.54) is 6.08 Å². The van der Waals surface area contributed by atoms with Crippen LogP contribution in [0.5, 0.6) is 11.5 Å². The van der Waals surface area contributed by atoms with Crippen molar-refractivity contribution in [2.24, 2.45) is 0 Å². The maximum Gasteiger partial charge on any atom is 0.187 e. The first-order chi connectivity index (χ1) is 11.7. The lowest BCUT2D eigenvalue weighted by Gasteiger charge is -2.05. The molecule has 0 unspecified atom stereocenters. The summed E-state index contributed by atoms with van der Waals surface area (Å²) in [7, 11) is 1.60. The standard InChI is InChI=1S/C19H20FNO3/c1-23-18-5-2-4-16(14-18)21-12-10-19(22)15-6-8-17(9-7-15)24-13-3-11-20/h2,4-10,12,14,21H,3,11,13H2,1H3. The van der Waals surface area contributed by atoms with Crippen LogP contribution in [0.4, 0.5) is 10.1 Å². The van der Waals surface area contributed by atoms with Crippen LogP contribution in [0, 0.1) is 0 Å². The molecule has 126 valence electrons. The van der Waals surface area contributed by atoms with Crippen LogP contribution in [0.1, 0.15) is 16.8 Å². The third kappa shape index (κ3) is 5.43. The Kier molecular flexibility index (Phi) is 6.83. The van der Waals surface area contributed by atoms with Crippen molar-refractivity contribution in [2.45, 2.75) is 6.42 Å². The van der Waals surface area contributed by atoms with Gasteiger partial charge in [-0.25, -0.2) is 0 Å². The molecule has 0 atom stereocenters. The molecule has 0 aromatic heterocycles. The molecule has 0 heterocycles. The molecule has 0 fully saturated rings. The van der Waals surface area contributed by atoms with Crippen molar-refractivity contribution < 1.29 is 18.7 Å². The monoisotopic (exact) mass is 329 g/mol. The SMILES string of the molecule is COc1cccc(NC=CC(=O)c2ccc(OCCCF)cc2)c1. The third-order valence-corrected chi connectivity index (χ3v) is 3.24. The molecule has 24 heavy (non-hydrogen) atoms. The molecule has 0 saturated carbocycles. The molecule has 1 N–H and O–H groups in total. The van der Waals surface area contributed by atoms with Gasteiger partial charge in [0.1, 0.15) is 11.5 Å². The number of benzene rings is 2. The number of methoxy groups -OCH3 is 1. The van der Waals surface area contributed by atoms with Gasteiger partial charge in [0, 0.05) is 36.0 Å². The maximum atomic E-state index is 12.1. The smallest absolute Gasteiger partial charge is 0.187 e. The number of anilines is 1. The first-order valence-electron chi connectivity index (χ1n) is 7.63. The van der Waals surface area contributed by atoms with E-state index in [1.807, 2.05) is 24.3 Å². The van der Waals surface area contributed by atoms with Gasteiger partial charge in [-0.15, -0.1) is 0 Å². The molecule has 5 heteroatoms. The number of ketones is 1. The summed E-state index contributed by atoms with van der Waals surface area (Å²) in [4.78, 5) is 12.1. The third-order valence-electron chi connectivity index (χ3n) is 3.24. The van der Waals surface area contributed by atoms with E-state index in [-0.39, 0.29) is 5.78 Å². The van der Waals surface area contributed by atoms with Gasteiger partial charge in [0.15, 0.2) is 5.78 Å². The molecule has 4 nitrogen and oxygen atoms in total. The van der Waals surface area contributed by atoms with Crippen molar-refractivity contribution >= 4 is 11.5 Å². The van der Waals surface area contributed by atoms with Gasteiger partial charge in [0.25, 0.3) is 0 Å². The lowest BCUT2D eigenvalue weighted by molar-refractivity contribution is 0.104. The van der Waals surface area contributed by atoms with Crippen LogP contribution in [0.2, 0.25) is 0 Å². The molecule has 2 aromatic rings. The fourth-order valence-electron chi connectivity index (χ4n) is 1.98. The predicted octanol–water partition coefficient (Wildman–Crippen LogP) is 4.24. The number of hydrogen-bond donors (Lipinski definition) is 1. The molecular weight excluding hydrogens is 309 g/mol. The lowest BCUT2D eigenvalue weighted by atomic mass is 10.1. The van der Waals surface area contributed by atoms with E-state index in [4.69, 9.17) is 9.47 Å². The molecule has 2 rings (SSSR count). The Morgan fingerprint density at radius 2 is 1.96 bits per heavy atom. The number of carbonyl (C=O) groups is 1. The molecule has 2 aromatic carbocycles. The number of hydrogen-bond acceptors (Lipinski definition) is 4. The second-order valence-electron chi connectivity index (χ2n) is 4.99. The summed E-state index contributed by atoms with van der Waals surface area (Å²) in [5.74, 6) is 1.24. The minimum Gasteiger partial charge on any atom is -0.497 e. The van der Waals surface area contributed by atoms with E-state index in [9.17, 15) is 9.18 Å². The van der Waals surface area contributed by atoms with Crippen LogP contribution in [0.15, 0.2) is 60.8 Å². The minimum atomic E-state index is -0.401. The summed E-state index contributed by atoms with van der Waals surface area (Å²) in [5.41, 5.74) is 1.38. The Morgan fingerprint density at radius 3 is 2.67 bits per heavy atom. The summed E-state index contributed by atoms with van der Waals surface area (Å²) in [6.07, 6.45) is 3.40. The molecule has 0 amide bonds. The zero-order chi connectivity index (χ0) is 17.2. The minimum absolute atomic E-state index is 0.124. The van der Waals surface area contributed by atoms with Crippen LogP contribution in [0.3, 0.4) is 0 Å². The normalized spacial score (nSPS) is 10.6. The fourth-order valence-corrected chi connectivity index (χ4v) is 1.98. The molecule has 0 aliphatic carbocycles. The van der Waals surface area contributed by atoms with E-state index in [1.54, 1.807) is 37.6 Å². The zero-order valence-electron chi connectivity index (χ0n) is 13.5.